The van der Waals surface area contributed by atoms with Gasteiger partial charge in [0.15, 0.2) is 0 Å². The third-order valence-electron chi connectivity index (χ3n) is 2.80. The van der Waals surface area contributed by atoms with Crippen LogP contribution in [0.1, 0.15) is 0 Å². The third-order valence-corrected chi connectivity index (χ3v) is 2.80. The minimum absolute atomic E-state index is 0.107. The second-order valence-electron chi connectivity index (χ2n) is 4.01. The normalized spacial score (nSPS) is 11.1. The zero-order valence-corrected chi connectivity index (χ0v) is 9.57. The summed E-state index contributed by atoms with van der Waals surface area (Å²) in [6.45, 7) is 0. The van der Waals surface area contributed by atoms with E-state index in [4.69, 9.17) is 5.73 Å². The first-order valence-electron chi connectivity index (χ1n) is 5.46. The number of nitrogens with two attached hydrogens (primary N) is 1. The molecule has 0 amide bonds. The number of hydrogen-bond donors (Lipinski definition) is 1. The molecule has 96 valence electrons. The Bertz CT molecular complexity index is 760. The van der Waals surface area contributed by atoms with E-state index >= 15 is 0 Å². The molecule has 0 fully saturated rings. The van der Waals surface area contributed by atoms with Crippen molar-refractivity contribution in [3.05, 3.63) is 53.8 Å². The van der Waals surface area contributed by atoms with Gasteiger partial charge in [0, 0.05) is 6.07 Å². The maximum Gasteiger partial charge on any atom is 0.206 e. The Labute approximate surface area is 106 Å². The molecule has 3 rings (SSSR count). The summed E-state index contributed by atoms with van der Waals surface area (Å²) >= 11 is 0. The Morgan fingerprint density at radius 2 is 1.68 bits per heavy atom. The largest absolute Gasteiger partial charge is 0.369 e. The van der Waals surface area contributed by atoms with Crippen molar-refractivity contribution in [2.45, 2.75) is 0 Å². The van der Waals surface area contributed by atoms with Crippen LogP contribution >= 0.6 is 0 Å². The average Bonchev–Trinajstić information content (AvgIpc) is 2.66. The van der Waals surface area contributed by atoms with Crippen molar-refractivity contribution < 1.29 is 13.2 Å². The predicted octanol–water partition coefficient (Wildman–Crippen LogP) is 3.03. The van der Waals surface area contributed by atoms with E-state index in [2.05, 4.69) is 4.98 Å². The summed E-state index contributed by atoms with van der Waals surface area (Å²) < 4.78 is 41.9. The quantitative estimate of drug-likeness (QED) is 0.733. The van der Waals surface area contributed by atoms with Gasteiger partial charge in [-0.05, 0) is 24.3 Å². The number of anilines is 1. The molecule has 0 atom stereocenters. The number of hydrogen-bond acceptors (Lipinski definition) is 2. The summed E-state index contributed by atoms with van der Waals surface area (Å²) in [5.74, 6) is -2.24. The van der Waals surface area contributed by atoms with Gasteiger partial charge < -0.3 is 5.73 Å². The van der Waals surface area contributed by atoms with E-state index in [1.54, 1.807) is 0 Å². The lowest BCUT2D eigenvalue weighted by atomic mass is 10.2. The Morgan fingerprint density at radius 1 is 1.00 bits per heavy atom. The highest BCUT2D eigenvalue weighted by molar-refractivity contribution is 5.81. The SMILES string of the molecule is Nc1nc2ccc(F)cc2n1-c1c(F)cccc1F. The highest BCUT2D eigenvalue weighted by Crippen LogP contribution is 2.27. The summed E-state index contributed by atoms with van der Waals surface area (Å²) in [6.07, 6.45) is 0. The van der Waals surface area contributed by atoms with Crippen LogP contribution in [0.2, 0.25) is 0 Å². The van der Waals surface area contributed by atoms with E-state index in [9.17, 15) is 13.2 Å². The Hall–Kier alpha value is -2.50. The molecule has 0 radical (unpaired) electrons. The fourth-order valence-corrected chi connectivity index (χ4v) is 2.00. The molecule has 0 aliphatic rings. The van der Waals surface area contributed by atoms with Crippen LogP contribution < -0.4 is 5.73 Å². The van der Waals surface area contributed by atoms with Crippen LogP contribution in [-0.2, 0) is 0 Å². The minimum Gasteiger partial charge on any atom is -0.369 e. The summed E-state index contributed by atoms with van der Waals surface area (Å²) in [5.41, 5.74) is 5.87. The number of halogens is 3. The number of nitrogens with zero attached hydrogens (tertiary/aromatic N) is 2. The van der Waals surface area contributed by atoms with E-state index in [1.165, 1.54) is 18.2 Å². The maximum atomic E-state index is 13.8. The zero-order valence-electron chi connectivity index (χ0n) is 9.57. The summed E-state index contributed by atoms with van der Waals surface area (Å²) in [7, 11) is 0. The molecule has 3 nitrogen and oxygen atoms in total. The lowest BCUT2D eigenvalue weighted by molar-refractivity contribution is 0.571. The molecule has 0 unspecified atom stereocenters. The van der Waals surface area contributed by atoms with Crippen molar-refractivity contribution >= 4 is 17.0 Å². The van der Waals surface area contributed by atoms with Crippen molar-refractivity contribution in [2.75, 3.05) is 5.73 Å². The van der Waals surface area contributed by atoms with Crippen LogP contribution in [0, 0.1) is 17.5 Å². The monoisotopic (exact) mass is 263 g/mol. The van der Waals surface area contributed by atoms with E-state index in [0.717, 1.165) is 22.8 Å². The Morgan fingerprint density at radius 3 is 2.37 bits per heavy atom. The van der Waals surface area contributed by atoms with Crippen molar-refractivity contribution in [1.82, 2.24) is 9.55 Å². The van der Waals surface area contributed by atoms with Gasteiger partial charge in [-0.3, -0.25) is 4.57 Å². The van der Waals surface area contributed by atoms with Crippen LogP contribution in [0.25, 0.3) is 16.7 Å². The number of fused-ring (bicyclic) bond motifs is 1. The van der Waals surface area contributed by atoms with Crippen LogP contribution in [0.4, 0.5) is 19.1 Å². The lowest BCUT2D eigenvalue weighted by Gasteiger charge is -2.08. The van der Waals surface area contributed by atoms with Gasteiger partial charge in [-0.15, -0.1) is 0 Å². The molecule has 2 aromatic carbocycles. The lowest BCUT2D eigenvalue weighted by Crippen LogP contribution is -2.05. The number of imidazole rings is 1. The van der Waals surface area contributed by atoms with Crippen LogP contribution in [0.3, 0.4) is 0 Å². The topological polar surface area (TPSA) is 43.8 Å². The smallest absolute Gasteiger partial charge is 0.206 e. The van der Waals surface area contributed by atoms with Gasteiger partial charge in [0.1, 0.15) is 23.1 Å². The predicted molar refractivity (Wildman–Crippen MR) is 65.4 cm³/mol. The molecular weight excluding hydrogens is 255 g/mol. The van der Waals surface area contributed by atoms with Gasteiger partial charge in [0.05, 0.1) is 11.0 Å². The maximum absolute atomic E-state index is 13.8. The number of aromatic nitrogens is 2. The highest BCUT2D eigenvalue weighted by atomic mass is 19.1. The first kappa shape index (κ1) is 11.6. The summed E-state index contributed by atoms with van der Waals surface area (Å²) in [4.78, 5) is 3.95. The van der Waals surface area contributed by atoms with Gasteiger partial charge in [-0.1, -0.05) is 6.07 Å². The van der Waals surface area contributed by atoms with Gasteiger partial charge in [0.2, 0.25) is 5.95 Å². The standard InChI is InChI=1S/C13H8F3N3/c14-7-4-5-10-11(6-7)19(13(17)18-10)12-8(15)2-1-3-9(12)16/h1-6H,(H2,17,18). The molecular formula is C13H8F3N3. The third kappa shape index (κ3) is 1.72. The molecule has 1 heterocycles. The number of rotatable bonds is 1. The second-order valence-corrected chi connectivity index (χ2v) is 4.01. The average molecular weight is 263 g/mol. The second kappa shape index (κ2) is 4.01. The molecule has 0 saturated carbocycles. The number of benzene rings is 2. The number of para-hydroxylation sites is 1. The first-order chi connectivity index (χ1) is 9.08. The zero-order chi connectivity index (χ0) is 13.6. The molecule has 2 N–H and O–H groups in total. The first-order valence-corrected chi connectivity index (χ1v) is 5.46. The van der Waals surface area contributed by atoms with E-state index < -0.39 is 17.5 Å². The highest BCUT2D eigenvalue weighted by Gasteiger charge is 2.17. The molecule has 0 spiro atoms. The van der Waals surface area contributed by atoms with Crippen LogP contribution in [0.5, 0.6) is 0 Å². The van der Waals surface area contributed by atoms with Gasteiger partial charge in [-0.2, -0.15) is 0 Å². The molecule has 3 aromatic rings. The van der Waals surface area contributed by atoms with Crippen molar-refractivity contribution in [2.24, 2.45) is 0 Å². The number of nitrogen functional groups attached to an aromatic ring is 1. The summed E-state index contributed by atoms with van der Waals surface area (Å²) in [6, 6.07) is 7.17. The molecule has 1 aromatic heterocycles. The van der Waals surface area contributed by atoms with E-state index in [0.29, 0.717) is 5.52 Å². The molecule has 0 aliphatic carbocycles. The minimum atomic E-state index is -0.796. The molecule has 6 heteroatoms. The Balaban J connectivity index is 2.42. The van der Waals surface area contributed by atoms with Crippen molar-refractivity contribution in [1.29, 1.82) is 0 Å². The van der Waals surface area contributed by atoms with E-state index in [1.807, 2.05) is 0 Å². The van der Waals surface area contributed by atoms with Gasteiger partial charge in [-0.25, -0.2) is 18.2 Å². The molecule has 0 bridgehead atoms. The van der Waals surface area contributed by atoms with Crippen molar-refractivity contribution in [3.8, 4) is 5.69 Å². The van der Waals surface area contributed by atoms with Gasteiger partial charge in [0.25, 0.3) is 0 Å². The van der Waals surface area contributed by atoms with Crippen LogP contribution in [-0.4, -0.2) is 9.55 Å². The Kier molecular flexibility index (Phi) is 2.45. The van der Waals surface area contributed by atoms with E-state index in [-0.39, 0.29) is 17.2 Å². The van der Waals surface area contributed by atoms with Gasteiger partial charge >= 0.3 is 0 Å². The fourth-order valence-electron chi connectivity index (χ4n) is 2.00. The fraction of sp³-hybridized carbons (Fsp3) is 0. The molecule has 0 aliphatic heterocycles. The van der Waals surface area contributed by atoms with Crippen molar-refractivity contribution in [3.63, 3.8) is 0 Å². The molecule has 19 heavy (non-hydrogen) atoms. The molecule has 0 saturated heterocycles. The van der Waals surface area contributed by atoms with Crippen LogP contribution in [0.15, 0.2) is 36.4 Å². The summed E-state index contributed by atoms with van der Waals surface area (Å²) in [5, 5.41) is 0.